The number of allylic oxidation sites excluding steroid dienone is 1. The first-order valence-electron chi connectivity index (χ1n) is 5.82. The molecule has 1 amide bonds. The quantitative estimate of drug-likeness (QED) is 0.622. The number of nitrogens with zero attached hydrogens (tertiary/aromatic N) is 1. The molecule has 1 aliphatic rings. The fourth-order valence-electron chi connectivity index (χ4n) is 2.23. The van der Waals surface area contributed by atoms with Crippen LogP contribution < -0.4 is 4.90 Å². The first-order valence-corrected chi connectivity index (χ1v) is 6.61. The molecule has 0 unspecified atom stereocenters. The molecular weight excluding hydrogens is 294 g/mol. The van der Waals surface area contributed by atoms with E-state index < -0.39 is 0 Å². The number of hydrogen-bond donors (Lipinski definition) is 0. The number of aryl methyl sites for hydroxylation is 1. The van der Waals surface area contributed by atoms with Crippen molar-refractivity contribution in [3.05, 3.63) is 40.4 Å². The van der Waals surface area contributed by atoms with Gasteiger partial charge in [0.25, 0.3) is 0 Å². The highest BCUT2D eigenvalue weighted by molar-refractivity contribution is 9.10. The van der Waals surface area contributed by atoms with E-state index in [0.717, 1.165) is 28.6 Å². The number of rotatable bonds is 2. The number of anilines is 1. The van der Waals surface area contributed by atoms with Crippen LogP contribution >= 0.6 is 15.9 Å². The van der Waals surface area contributed by atoms with Gasteiger partial charge in [-0.3, -0.25) is 9.59 Å². The second-order valence-electron chi connectivity index (χ2n) is 4.30. The Morgan fingerprint density at radius 2 is 2.17 bits per heavy atom. The standard InChI is InChI=1S/C14H14BrNO2/c1-3-14(18)11-8-13-10(7-12(11)15)5-4-6-16(13)9(2)17/h3,7-8H,1,4-6H2,2H3. The highest BCUT2D eigenvalue weighted by Gasteiger charge is 2.22. The molecule has 0 saturated carbocycles. The van der Waals surface area contributed by atoms with E-state index in [9.17, 15) is 9.59 Å². The second kappa shape index (κ2) is 5.06. The highest BCUT2D eigenvalue weighted by atomic mass is 79.9. The predicted octanol–water partition coefficient (Wildman–Crippen LogP) is 3.12. The maximum Gasteiger partial charge on any atom is 0.223 e. The zero-order valence-electron chi connectivity index (χ0n) is 10.2. The zero-order valence-corrected chi connectivity index (χ0v) is 11.8. The van der Waals surface area contributed by atoms with E-state index in [1.807, 2.05) is 6.07 Å². The lowest BCUT2D eigenvalue weighted by Crippen LogP contribution is -2.33. The number of amides is 1. The predicted molar refractivity (Wildman–Crippen MR) is 75.0 cm³/mol. The van der Waals surface area contributed by atoms with Crippen LogP contribution in [0.5, 0.6) is 0 Å². The van der Waals surface area contributed by atoms with Crippen LogP contribution in [0.1, 0.15) is 29.3 Å². The van der Waals surface area contributed by atoms with Crippen molar-refractivity contribution in [2.24, 2.45) is 0 Å². The fourth-order valence-corrected chi connectivity index (χ4v) is 2.81. The molecule has 3 nitrogen and oxygen atoms in total. The second-order valence-corrected chi connectivity index (χ2v) is 5.16. The van der Waals surface area contributed by atoms with Crippen LogP contribution in [-0.2, 0) is 11.2 Å². The van der Waals surface area contributed by atoms with Crippen molar-refractivity contribution in [2.75, 3.05) is 11.4 Å². The summed E-state index contributed by atoms with van der Waals surface area (Å²) in [6, 6.07) is 3.71. The molecule has 0 aliphatic carbocycles. The monoisotopic (exact) mass is 307 g/mol. The molecule has 0 spiro atoms. The number of hydrogen-bond acceptors (Lipinski definition) is 2. The molecule has 0 fully saturated rings. The topological polar surface area (TPSA) is 37.4 Å². The van der Waals surface area contributed by atoms with Crippen molar-refractivity contribution in [1.29, 1.82) is 0 Å². The van der Waals surface area contributed by atoms with Gasteiger partial charge in [0.15, 0.2) is 5.78 Å². The molecule has 4 heteroatoms. The maximum atomic E-state index is 11.7. The lowest BCUT2D eigenvalue weighted by Gasteiger charge is -2.29. The van der Waals surface area contributed by atoms with Crippen LogP contribution in [0.2, 0.25) is 0 Å². The molecule has 1 aromatic rings. The van der Waals surface area contributed by atoms with Gasteiger partial charge in [0.2, 0.25) is 5.91 Å². The molecule has 94 valence electrons. The summed E-state index contributed by atoms with van der Waals surface area (Å²) in [5.74, 6) is -0.131. The molecule has 0 N–H and O–H groups in total. The minimum atomic E-state index is -0.140. The van der Waals surface area contributed by atoms with Gasteiger partial charge in [0.1, 0.15) is 0 Å². The Hall–Kier alpha value is -1.42. The van der Waals surface area contributed by atoms with Crippen LogP contribution in [-0.4, -0.2) is 18.2 Å². The number of carbonyl (C=O) groups is 2. The lowest BCUT2D eigenvalue weighted by atomic mass is 9.98. The summed E-state index contributed by atoms with van der Waals surface area (Å²) in [5, 5.41) is 0. The molecule has 0 bridgehead atoms. The molecular formula is C14H14BrNO2. The zero-order chi connectivity index (χ0) is 13.3. The van der Waals surface area contributed by atoms with Crippen molar-refractivity contribution < 1.29 is 9.59 Å². The first kappa shape index (κ1) is 13.0. The molecule has 0 aromatic heterocycles. The SMILES string of the molecule is C=CC(=O)c1cc2c(cc1Br)CCCN2C(C)=O. The van der Waals surface area contributed by atoms with Crippen molar-refractivity contribution in [3.8, 4) is 0 Å². The van der Waals surface area contributed by atoms with E-state index in [1.165, 1.54) is 6.08 Å². The Kier molecular flexibility index (Phi) is 3.66. The molecule has 1 aliphatic heterocycles. The number of ketones is 1. The summed E-state index contributed by atoms with van der Waals surface area (Å²) >= 11 is 3.40. The largest absolute Gasteiger partial charge is 0.312 e. The third-order valence-corrected chi connectivity index (χ3v) is 3.77. The lowest BCUT2D eigenvalue weighted by molar-refractivity contribution is -0.116. The molecule has 2 rings (SSSR count). The van der Waals surface area contributed by atoms with E-state index >= 15 is 0 Å². The number of carbonyl (C=O) groups excluding carboxylic acids is 2. The highest BCUT2D eigenvalue weighted by Crippen LogP contribution is 2.33. The van der Waals surface area contributed by atoms with Crippen molar-refractivity contribution in [3.63, 3.8) is 0 Å². The van der Waals surface area contributed by atoms with Gasteiger partial charge in [-0.05, 0) is 36.6 Å². The maximum absolute atomic E-state index is 11.7. The minimum absolute atomic E-state index is 0.00951. The number of benzene rings is 1. The fraction of sp³-hybridized carbons (Fsp3) is 0.286. The van der Waals surface area contributed by atoms with Gasteiger partial charge < -0.3 is 4.90 Å². The normalized spacial score (nSPS) is 14.0. The molecule has 1 aromatic carbocycles. The minimum Gasteiger partial charge on any atom is -0.312 e. The van der Waals surface area contributed by atoms with Gasteiger partial charge in [0, 0.05) is 29.2 Å². The van der Waals surface area contributed by atoms with E-state index in [2.05, 4.69) is 22.5 Å². The van der Waals surface area contributed by atoms with Crippen LogP contribution in [0.3, 0.4) is 0 Å². The smallest absolute Gasteiger partial charge is 0.223 e. The van der Waals surface area contributed by atoms with Crippen LogP contribution in [0, 0.1) is 0 Å². The summed E-state index contributed by atoms with van der Waals surface area (Å²) < 4.78 is 0.761. The van der Waals surface area contributed by atoms with Crippen LogP contribution in [0.25, 0.3) is 0 Å². The van der Waals surface area contributed by atoms with Crippen molar-refractivity contribution >= 4 is 33.3 Å². The Labute approximate surface area is 115 Å². The van der Waals surface area contributed by atoms with E-state index in [0.29, 0.717) is 12.1 Å². The van der Waals surface area contributed by atoms with Gasteiger partial charge in [-0.1, -0.05) is 22.5 Å². The number of fused-ring (bicyclic) bond motifs is 1. The van der Waals surface area contributed by atoms with Gasteiger partial charge in [-0.25, -0.2) is 0 Å². The molecule has 1 heterocycles. The molecule has 0 radical (unpaired) electrons. The van der Waals surface area contributed by atoms with Crippen LogP contribution in [0.15, 0.2) is 29.3 Å². The summed E-state index contributed by atoms with van der Waals surface area (Å²) in [6.45, 7) is 5.76. The molecule has 0 atom stereocenters. The third kappa shape index (κ3) is 2.25. The summed E-state index contributed by atoms with van der Waals surface area (Å²) in [5.41, 5.74) is 2.50. The van der Waals surface area contributed by atoms with Crippen LogP contribution in [0.4, 0.5) is 5.69 Å². The average molecular weight is 308 g/mol. The van der Waals surface area contributed by atoms with Gasteiger partial charge in [-0.15, -0.1) is 0 Å². The third-order valence-electron chi connectivity index (χ3n) is 3.12. The van der Waals surface area contributed by atoms with Gasteiger partial charge >= 0.3 is 0 Å². The summed E-state index contributed by atoms with van der Waals surface area (Å²) in [4.78, 5) is 25.1. The van der Waals surface area contributed by atoms with Crippen molar-refractivity contribution in [2.45, 2.75) is 19.8 Å². The first-order chi connectivity index (χ1) is 8.54. The van der Waals surface area contributed by atoms with Gasteiger partial charge in [0.05, 0.1) is 0 Å². The molecule has 0 saturated heterocycles. The Morgan fingerprint density at radius 1 is 1.44 bits per heavy atom. The number of halogens is 1. The van der Waals surface area contributed by atoms with Gasteiger partial charge in [-0.2, -0.15) is 0 Å². The average Bonchev–Trinajstić information content (AvgIpc) is 2.36. The summed E-state index contributed by atoms with van der Waals surface area (Å²) in [6.07, 6.45) is 3.17. The van der Waals surface area contributed by atoms with Crippen molar-refractivity contribution in [1.82, 2.24) is 0 Å². The molecule has 18 heavy (non-hydrogen) atoms. The van der Waals surface area contributed by atoms with E-state index in [4.69, 9.17) is 0 Å². The Balaban J connectivity index is 2.56. The Morgan fingerprint density at radius 3 is 2.78 bits per heavy atom. The van der Waals surface area contributed by atoms with E-state index in [-0.39, 0.29) is 11.7 Å². The summed E-state index contributed by atoms with van der Waals surface area (Å²) in [7, 11) is 0. The van der Waals surface area contributed by atoms with E-state index in [1.54, 1.807) is 17.9 Å². The Bertz CT molecular complexity index is 537.